The first-order valence-electron chi connectivity index (χ1n) is 16.3. The Bertz CT molecular complexity index is 1450. The van der Waals surface area contributed by atoms with Crippen LogP contribution in [0.15, 0.2) is 36.4 Å². The number of carboxylic acid groups (broad SMARTS) is 2. The average molecular weight is 693 g/mol. The maximum Gasteiger partial charge on any atom is 0.303 e. The monoisotopic (exact) mass is 692 g/mol. The molecule has 0 aliphatic carbocycles. The van der Waals surface area contributed by atoms with Gasteiger partial charge in [-0.2, -0.15) is 0 Å². The van der Waals surface area contributed by atoms with Crippen molar-refractivity contribution in [3.8, 4) is 11.5 Å². The fourth-order valence-corrected chi connectivity index (χ4v) is 4.74. The molecule has 0 atom stereocenters. The van der Waals surface area contributed by atoms with Crippen molar-refractivity contribution < 1.29 is 39.6 Å². The van der Waals surface area contributed by atoms with Gasteiger partial charge in [0.15, 0.2) is 0 Å². The van der Waals surface area contributed by atoms with Crippen LogP contribution in [-0.2, 0) is 53.7 Å². The van der Waals surface area contributed by atoms with Gasteiger partial charge < -0.3 is 20.4 Å². The van der Waals surface area contributed by atoms with Crippen LogP contribution in [0.25, 0.3) is 0 Å². The fourth-order valence-electron chi connectivity index (χ4n) is 4.74. The Balaban J connectivity index is 0.000000764. The van der Waals surface area contributed by atoms with Gasteiger partial charge in [0.25, 0.3) is 0 Å². The molecule has 0 spiro atoms. The van der Waals surface area contributed by atoms with E-state index in [0.29, 0.717) is 36.5 Å². The number of benzene rings is 2. The second-order valence-corrected chi connectivity index (χ2v) is 16.2. The van der Waals surface area contributed by atoms with Crippen LogP contribution in [0.4, 0.5) is 0 Å². The van der Waals surface area contributed by atoms with Gasteiger partial charge in [-0.25, -0.2) is 0 Å². The molecule has 2 aromatic rings. The highest BCUT2D eigenvalue weighted by Gasteiger charge is 2.28. The number of hydrogen-bond donors (Lipinski definition) is 6. The average Bonchev–Trinajstić information content (AvgIpc) is 2.94. The van der Waals surface area contributed by atoms with Crippen LogP contribution in [0.3, 0.4) is 0 Å². The zero-order valence-corrected chi connectivity index (χ0v) is 31.7. The van der Waals surface area contributed by atoms with Gasteiger partial charge in [-0.3, -0.25) is 30.0 Å². The van der Waals surface area contributed by atoms with Crippen molar-refractivity contribution in [2.75, 3.05) is 0 Å². The number of phenolic OH excluding ortho intramolecular Hbond substituents is 2. The summed E-state index contributed by atoms with van der Waals surface area (Å²) in [4.78, 5) is 42.3. The lowest BCUT2D eigenvalue weighted by Crippen LogP contribution is -2.18. The van der Waals surface area contributed by atoms with Crippen LogP contribution in [0.1, 0.15) is 129 Å². The molecule has 2 aromatic carbocycles. The van der Waals surface area contributed by atoms with E-state index in [2.05, 4.69) is 83.1 Å². The smallest absolute Gasteiger partial charge is 0.303 e. The molecule has 274 valence electrons. The molecule has 0 heterocycles. The Labute approximate surface area is 297 Å². The first kappa shape index (κ1) is 45.2. The third-order valence-electron chi connectivity index (χ3n) is 7.48. The second-order valence-electron chi connectivity index (χ2n) is 16.2. The van der Waals surface area contributed by atoms with Gasteiger partial charge in [-0.1, -0.05) is 107 Å². The summed E-state index contributed by atoms with van der Waals surface area (Å²) in [5, 5.41) is 51.4. The summed E-state index contributed by atoms with van der Waals surface area (Å²) in [5.41, 5.74) is 4.76. The lowest BCUT2D eigenvalue weighted by Gasteiger charge is -2.28. The number of aromatic hydroxyl groups is 2. The fraction of sp³-hybridized carbons (Fsp3) is 0.500. The molecule has 0 unspecified atom stereocenters. The molecule has 10 nitrogen and oxygen atoms in total. The van der Waals surface area contributed by atoms with Crippen LogP contribution < -0.4 is 0 Å². The molecule has 0 aliphatic rings. The summed E-state index contributed by atoms with van der Waals surface area (Å²) in [7, 11) is 0. The van der Waals surface area contributed by atoms with Crippen molar-refractivity contribution >= 4 is 35.2 Å². The number of carbonyl (C=O) groups excluding carboxylic acids is 2. The van der Waals surface area contributed by atoms with E-state index in [9.17, 15) is 29.4 Å². The Morgan fingerprint density at radius 3 is 0.920 bits per heavy atom. The molecule has 0 radical (unpaired) electrons. The lowest BCUT2D eigenvalue weighted by atomic mass is 9.78. The number of nitrogens with one attached hydrogen (secondary N) is 2. The number of carbonyl (C=O) groups is 4. The van der Waals surface area contributed by atoms with Gasteiger partial charge in [0.1, 0.15) is 11.5 Å². The quantitative estimate of drug-likeness (QED) is 0.0871. The molecule has 10 heteroatoms. The van der Waals surface area contributed by atoms with E-state index in [1.54, 1.807) is 11.7 Å². The van der Waals surface area contributed by atoms with Crippen LogP contribution in [0.2, 0.25) is 0 Å². The maximum absolute atomic E-state index is 10.8. The summed E-state index contributed by atoms with van der Waals surface area (Å²) in [6.07, 6.45) is 2.58. The minimum atomic E-state index is -0.866. The zero-order chi connectivity index (χ0) is 39.4. The van der Waals surface area contributed by atoms with Crippen molar-refractivity contribution in [1.82, 2.24) is 0 Å². The summed E-state index contributed by atoms with van der Waals surface area (Å²) in [6.45, 7) is 24.6. The molecular formula is C40H56N2O8. The highest BCUT2D eigenvalue weighted by atomic mass is 16.4. The second kappa shape index (κ2) is 18.3. The van der Waals surface area contributed by atoms with Crippen LogP contribution in [-0.4, -0.2) is 55.7 Å². The highest BCUT2D eigenvalue weighted by Crippen LogP contribution is 2.41. The molecular weight excluding hydrogens is 636 g/mol. The first-order chi connectivity index (χ1) is 22.6. The number of aliphatic carboxylic acids is 2. The molecule has 0 saturated heterocycles. The van der Waals surface area contributed by atoms with Crippen molar-refractivity contribution in [1.29, 1.82) is 10.8 Å². The zero-order valence-electron chi connectivity index (χ0n) is 31.7. The third kappa shape index (κ3) is 15.2. The third-order valence-corrected chi connectivity index (χ3v) is 7.48. The minimum absolute atomic E-state index is 0.109. The minimum Gasteiger partial charge on any atom is -0.507 e. The number of allylic oxidation sites excluding steroid dienone is 2. The number of ketones is 2. The van der Waals surface area contributed by atoms with E-state index >= 15 is 0 Å². The predicted molar refractivity (Wildman–Crippen MR) is 198 cm³/mol. The number of rotatable bonds is 9. The molecule has 50 heavy (non-hydrogen) atoms. The molecule has 0 aromatic heterocycles. The molecule has 0 amide bonds. The van der Waals surface area contributed by atoms with Gasteiger partial charge in [-0.05, 0) is 79.6 Å². The van der Waals surface area contributed by atoms with Crippen molar-refractivity contribution in [3.63, 3.8) is 0 Å². The van der Waals surface area contributed by atoms with Crippen LogP contribution in [0, 0.1) is 10.8 Å². The largest absolute Gasteiger partial charge is 0.507 e. The summed E-state index contributed by atoms with van der Waals surface area (Å²) in [5.74, 6) is 0.650. The molecule has 2 rings (SSSR count). The molecule has 0 bridgehead atoms. The van der Waals surface area contributed by atoms with E-state index < -0.39 is 23.5 Å². The van der Waals surface area contributed by atoms with E-state index in [4.69, 9.17) is 21.0 Å². The normalized spacial score (nSPS) is 11.4. The first-order valence-corrected chi connectivity index (χ1v) is 16.3. The Kier molecular flexibility index (Phi) is 16.5. The topological polar surface area (TPSA) is 197 Å². The number of aryl methyl sites for hydroxylation is 2. The Morgan fingerprint density at radius 1 is 0.540 bits per heavy atom. The van der Waals surface area contributed by atoms with E-state index in [-0.39, 0.29) is 34.5 Å². The predicted octanol–water partition coefficient (Wildman–Crippen LogP) is 7.74. The summed E-state index contributed by atoms with van der Waals surface area (Å²) < 4.78 is 0. The molecule has 6 N–H and O–H groups in total. The molecule has 0 fully saturated rings. The SMILES string of the molecule is CC(C)(C)c1cc(CCC(=O)O)cc(C(C)(C)C)c1O.CC(C)(C)c1cc(CCC(=O)O)cc(C(C)(C)C)c1O.N=C=CC(=O)C(=O)C=C=N. The summed E-state index contributed by atoms with van der Waals surface area (Å²) in [6, 6.07) is 7.75. The molecule has 0 saturated carbocycles. The van der Waals surface area contributed by atoms with Crippen molar-refractivity contribution in [3.05, 3.63) is 69.8 Å². The van der Waals surface area contributed by atoms with Gasteiger partial charge in [0.2, 0.25) is 11.6 Å². The van der Waals surface area contributed by atoms with E-state index in [0.717, 1.165) is 33.4 Å². The van der Waals surface area contributed by atoms with E-state index in [1.165, 1.54) is 0 Å². The van der Waals surface area contributed by atoms with Gasteiger partial charge >= 0.3 is 11.9 Å². The number of carboxylic acids is 2. The highest BCUT2D eigenvalue weighted by molar-refractivity contribution is 6.47. The van der Waals surface area contributed by atoms with Gasteiger partial charge in [0, 0.05) is 12.8 Å². The van der Waals surface area contributed by atoms with Crippen LogP contribution in [0.5, 0.6) is 11.5 Å². The Hall–Kier alpha value is -4.78. The Morgan fingerprint density at radius 2 is 0.760 bits per heavy atom. The standard InChI is InChI=1S/2C17H26O3.C6H4N2O2/c2*1-16(2,3)12-9-11(7-8-14(18)19)10-13(15(12)20)17(4,5)6;7-3-1-5(9)6(10)2-4-8/h2*9-10,20H,7-8H2,1-6H3,(H,18,19);1-2,7-8H. The van der Waals surface area contributed by atoms with Gasteiger partial charge in [-0.15, -0.1) is 0 Å². The lowest BCUT2D eigenvalue weighted by molar-refractivity contribution is -0.138. The van der Waals surface area contributed by atoms with E-state index in [1.807, 2.05) is 24.3 Å². The number of phenols is 2. The van der Waals surface area contributed by atoms with Crippen molar-refractivity contribution in [2.45, 2.75) is 130 Å². The van der Waals surface area contributed by atoms with Gasteiger partial charge in [0.05, 0.1) is 12.2 Å². The summed E-state index contributed by atoms with van der Waals surface area (Å²) >= 11 is 0. The number of hydrogen-bond acceptors (Lipinski definition) is 8. The van der Waals surface area contributed by atoms with Crippen LogP contribution >= 0.6 is 0 Å². The van der Waals surface area contributed by atoms with Crippen molar-refractivity contribution in [2.24, 2.45) is 0 Å². The molecule has 0 aliphatic heterocycles. The maximum atomic E-state index is 10.8.